The van der Waals surface area contributed by atoms with Gasteiger partial charge in [-0.25, -0.2) is 9.48 Å². The summed E-state index contributed by atoms with van der Waals surface area (Å²) < 4.78 is 7.43. The van der Waals surface area contributed by atoms with Crippen molar-refractivity contribution in [3.05, 3.63) is 62.7 Å². The van der Waals surface area contributed by atoms with Gasteiger partial charge in [0.1, 0.15) is 0 Å². The monoisotopic (exact) mass is 453 g/mol. The number of aromatic nitrogens is 2. The fourth-order valence-electron chi connectivity index (χ4n) is 2.49. The van der Waals surface area contributed by atoms with Crippen molar-refractivity contribution >= 4 is 50.8 Å². The van der Waals surface area contributed by atoms with Crippen LogP contribution in [-0.4, -0.2) is 22.4 Å². The lowest BCUT2D eigenvalue weighted by Crippen LogP contribution is -2.08. The molecule has 0 saturated carbocycles. The van der Waals surface area contributed by atoms with E-state index in [4.69, 9.17) is 33.7 Å². The molecule has 0 aliphatic rings. The third kappa shape index (κ3) is 3.58. The molecule has 0 fully saturated rings. The molecule has 26 heavy (non-hydrogen) atoms. The summed E-state index contributed by atoms with van der Waals surface area (Å²) >= 11 is 15.7. The van der Waals surface area contributed by atoms with Crippen LogP contribution in [0.3, 0.4) is 0 Å². The van der Waals surface area contributed by atoms with Gasteiger partial charge in [0.05, 0.1) is 28.7 Å². The van der Waals surface area contributed by atoms with Crippen molar-refractivity contribution in [2.24, 2.45) is 0 Å². The highest BCUT2D eigenvalue weighted by Crippen LogP contribution is 2.35. The number of hydrogen-bond donors (Lipinski definition) is 1. The molecule has 0 aliphatic heterocycles. The SMILES string of the molecule is CCOC(=O)c1nn(-c2ccc(Br)cc2Cl)c(-c2ccc(Cl)cc2)c1N. The topological polar surface area (TPSA) is 70.1 Å². The summed E-state index contributed by atoms with van der Waals surface area (Å²) in [4.78, 5) is 12.2. The molecule has 134 valence electrons. The summed E-state index contributed by atoms with van der Waals surface area (Å²) in [7, 11) is 0. The predicted molar refractivity (Wildman–Crippen MR) is 107 cm³/mol. The molecule has 0 bridgehead atoms. The first-order valence-electron chi connectivity index (χ1n) is 7.69. The summed E-state index contributed by atoms with van der Waals surface area (Å²) in [6.07, 6.45) is 0. The Hall–Kier alpha value is -2.02. The van der Waals surface area contributed by atoms with Gasteiger partial charge in [0.25, 0.3) is 0 Å². The van der Waals surface area contributed by atoms with Crippen molar-refractivity contribution in [3.63, 3.8) is 0 Å². The number of nitrogens with two attached hydrogens (primary N) is 1. The Kier molecular flexibility index (Phi) is 5.55. The first-order chi connectivity index (χ1) is 12.4. The van der Waals surface area contributed by atoms with Gasteiger partial charge < -0.3 is 10.5 Å². The van der Waals surface area contributed by atoms with E-state index in [0.717, 1.165) is 10.0 Å². The quantitative estimate of drug-likeness (QED) is 0.538. The summed E-state index contributed by atoms with van der Waals surface area (Å²) in [5.74, 6) is -0.591. The molecule has 2 N–H and O–H groups in total. The molecule has 2 aromatic carbocycles. The molecule has 8 heteroatoms. The second kappa shape index (κ2) is 7.70. The lowest BCUT2D eigenvalue weighted by Gasteiger charge is -2.10. The van der Waals surface area contributed by atoms with Gasteiger partial charge in [-0.2, -0.15) is 5.10 Å². The van der Waals surface area contributed by atoms with E-state index in [1.165, 1.54) is 0 Å². The molecule has 3 aromatic rings. The zero-order valence-electron chi connectivity index (χ0n) is 13.7. The fraction of sp³-hybridized carbons (Fsp3) is 0.111. The molecule has 0 radical (unpaired) electrons. The maximum Gasteiger partial charge on any atom is 0.361 e. The maximum atomic E-state index is 12.2. The molecule has 0 spiro atoms. The Balaban J connectivity index is 2.26. The van der Waals surface area contributed by atoms with Gasteiger partial charge in [0, 0.05) is 15.1 Å². The van der Waals surface area contributed by atoms with Crippen molar-refractivity contribution < 1.29 is 9.53 Å². The van der Waals surface area contributed by atoms with Crippen LogP contribution >= 0.6 is 39.1 Å². The maximum absolute atomic E-state index is 12.2. The zero-order valence-corrected chi connectivity index (χ0v) is 16.8. The number of nitrogen functional groups attached to an aromatic ring is 1. The Morgan fingerprint density at radius 3 is 2.54 bits per heavy atom. The molecule has 0 unspecified atom stereocenters. The largest absolute Gasteiger partial charge is 0.461 e. The van der Waals surface area contributed by atoms with E-state index in [9.17, 15) is 4.79 Å². The first-order valence-corrected chi connectivity index (χ1v) is 9.24. The van der Waals surface area contributed by atoms with Crippen molar-refractivity contribution in [2.75, 3.05) is 12.3 Å². The molecule has 0 saturated heterocycles. The minimum Gasteiger partial charge on any atom is -0.461 e. The van der Waals surface area contributed by atoms with Gasteiger partial charge in [-0.1, -0.05) is 51.3 Å². The molecule has 1 heterocycles. The third-order valence-corrected chi connectivity index (χ3v) is 4.69. The highest BCUT2D eigenvalue weighted by molar-refractivity contribution is 9.10. The molecule has 5 nitrogen and oxygen atoms in total. The van der Waals surface area contributed by atoms with E-state index in [1.807, 2.05) is 6.07 Å². The minimum atomic E-state index is -0.591. The summed E-state index contributed by atoms with van der Waals surface area (Å²) in [6.45, 7) is 1.94. The van der Waals surface area contributed by atoms with E-state index in [0.29, 0.717) is 21.4 Å². The fourth-order valence-corrected chi connectivity index (χ4v) is 3.37. The number of carbonyl (C=O) groups excluding carboxylic acids is 1. The third-order valence-electron chi connectivity index (χ3n) is 3.65. The summed E-state index contributed by atoms with van der Waals surface area (Å²) in [5.41, 5.74) is 8.37. The number of esters is 1. The molecular formula is C18H14BrCl2N3O2. The second-order valence-corrected chi connectivity index (χ2v) is 7.11. The van der Waals surface area contributed by atoms with Gasteiger partial charge in [0.2, 0.25) is 0 Å². The van der Waals surface area contributed by atoms with E-state index >= 15 is 0 Å². The number of ether oxygens (including phenoxy) is 1. The number of carbonyl (C=O) groups is 1. The van der Waals surface area contributed by atoms with Crippen LogP contribution < -0.4 is 5.73 Å². The summed E-state index contributed by atoms with van der Waals surface area (Å²) in [5, 5.41) is 5.41. The number of anilines is 1. The van der Waals surface area contributed by atoms with Crippen molar-refractivity contribution in [1.29, 1.82) is 0 Å². The molecule has 3 rings (SSSR count). The van der Waals surface area contributed by atoms with E-state index < -0.39 is 5.97 Å². The standard InChI is InChI=1S/C18H14BrCl2N3O2/c1-2-26-18(25)16-15(22)17(10-3-6-12(20)7-4-10)24(23-16)14-8-5-11(19)9-13(14)21/h3-9H,2,22H2,1H3. The Morgan fingerprint density at radius 1 is 1.23 bits per heavy atom. The summed E-state index contributed by atoms with van der Waals surface area (Å²) in [6, 6.07) is 12.4. The smallest absolute Gasteiger partial charge is 0.361 e. The Morgan fingerprint density at radius 2 is 1.92 bits per heavy atom. The van der Waals surface area contributed by atoms with Crippen LogP contribution in [0.5, 0.6) is 0 Å². The van der Waals surface area contributed by atoms with Gasteiger partial charge in [-0.3, -0.25) is 0 Å². The number of benzene rings is 2. The predicted octanol–water partition coefficient (Wildman–Crippen LogP) is 5.37. The van der Waals surface area contributed by atoms with Gasteiger partial charge in [-0.15, -0.1) is 0 Å². The minimum absolute atomic E-state index is 0.0378. The van der Waals surface area contributed by atoms with Crippen LogP contribution in [0.2, 0.25) is 10.0 Å². The Labute approximate surface area is 168 Å². The van der Waals surface area contributed by atoms with E-state index in [-0.39, 0.29) is 18.0 Å². The van der Waals surface area contributed by atoms with E-state index in [1.54, 1.807) is 48.0 Å². The number of nitrogens with zero attached hydrogens (tertiary/aromatic N) is 2. The van der Waals surface area contributed by atoms with Crippen molar-refractivity contribution in [2.45, 2.75) is 6.92 Å². The van der Waals surface area contributed by atoms with Crippen LogP contribution in [0.25, 0.3) is 16.9 Å². The molecule has 1 aromatic heterocycles. The number of halogens is 3. The van der Waals surface area contributed by atoms with Crippen LogP contribution in [0.4, 0.5) is 5.69 Å². The normalized spacial score (nSPS) is 10.8. The lowest BCUT2D eigenvalue weighted by atomic mass is 10.1. The highest BCUT2D eigenvalue weighted by atomic mass is 79.9. The number of hydrogen-bond acceptors (Lipinski definition) is 4. The lowest BCUT2D eigenvalue weighted by molar-refractivity contribution is 0.0520. The average Bonchev–Trinajstić information content (AvgIpc) is 2.93. The van der Waals surface area contributed by atoms with Crippen LogP contribution in [0.1, 0.15) is 17.4 Å². The van der Waals surface area contributed by atoms with Crippen LogP contribution in [0.15, 0.2) is 46.9 Å². The average molecular weight is 455 g/mol. The molecule has 0 aliphatic carbocycles. The molecular weight excluding hydrogens is 441 g/mol. The highest BCUT2D eigenvalue weighted by Gasteiger charge is 2.24. The van der Waals surface area contributed by atoms with Crippen molar-refractivity contribution in [1.82, 2.24) is 9.78 Å². The first kappa shape index (κ1) is 18.8. The zero-order chi connectivity index (χ0) is 18.8. The van der Waals surface area contributed by atoms with Gasteiger partial charge in [-0.05, 0) is 37.3 Å². The van der Waals surface area contributed by atoms with Gasteiger partial charge in [0.15, 0.2) is 5.69 Å². The molecule has 0 amide bonds. The Bertz CT molecular complexity index is 971. The molecule has 0 atom stereocenters. The number of rotatable bonds is 4. The van der Waals surface area contributed by atoms with Crippen molar-refractivity contribution in [3.8, 4) is 16.9 Å². The van der Waals surface area contributed by atoms with Crippen LogP contribution in [-0.2, 0) is 4.74 Å². The van der Waals surface area contributed by atoms with E-state index in [2.05, 4.69) is 21.0 Å². The second-order valence-electron chi connectivity index (χ2n) is 5.35. The van der Waals surface area contributed by atoms with Gasteiger partial charge >= 0.3 is 5.97 Å². The van der Waals surface area contributed by atoms with Crippen LogP contribution in [0, 0.1) is 0 Å².